The second kappa shape index (κ2) is 10.1. The molecule has 2 aliphatic heterocycles. The highest BCUT2D eigenvalue weighted by molar-refractivity contribution is 8.04. The first-order chi connectivity index (χ1) is 17.8. The zero-order valence-electron chi connectivity index (χ0n) is 18.5. The van der Waals surface area contributed by atoms with Gasteiger partial charge in [-0.15, -0.1) is 11.3 Å². The number of aliphatic carboxylic acids is 1. The summed E-state index contributed by atoms with van der Waals surface area (Å²) in [4.78, 5) is 52.0. The molecule has 2 aliphatic rings. The van der Waals surface area contributed by atoms with Crippen LogP contribution in [0.1, 0.15) is 18.5 Å². The van der Waals surface area contributed by atoms with Crippen molar-refractivity contribution in [2.75, 3.05) is 5.73 Å². The van der Waals surface area contributed by atoms with Crippen LogP contribution in [-0.2, 0) is 14.4 Å². The van der Waals surface area contributed by atoms with Crippen LogP contribution >= 0.6 is 46.0 Å². The van der Waals surface area contributed by atoms with Gasteiger partial charge in [-0.1, -0.05) is 39.9 Å². The van der Waals surface area contributed by atoms with Gasteiger partial charge < -0.3 is 21.4 Å². The number of nitrogens with one attached hydrogen (secondary N) is 1. The van der Waals surface area contributed by atoms with Crippen molar-refractivity contribution in [3.05, 3.63) is 50.5 Å². The van der Waals surface area contributed by atoms with E-state index in [1.54, 1.807) is 12.4 Å². The average Bonchev–Trinajstić information content (AvgIpc) is 3.48. The Hall–Kier alpha value is -3.53. The van der Waals surface area contributed by atoms with Gasteiger partial charge in [0.05, 0.1) is 11.7 Å². The van der Waals surface area contributed by atoms with Crippen molar-refractivity contribution in [3.8, 4) is 11.3 Å². The summed E-state index contributed by atoms with van der Waals surface area (Å²) in [6.07, 6.45) is 4.10. The van der Waals surface area contributed by atoms with Crippen LogP contribution in [0.3, 0.4) is 0 Å². The number of hydrogen-bond acceptors (Lipinski definition) is 12. The lowest BCUT2D eigenvalue weighted by atomic mass is 9.86. The summed E-state index contributed by atoms with van der Waals surface area (Å²) in [5.74, 6) is -2.73. The highest BCUT2D eigenvalue weighted by Gasteiger charge is 2.54. The molecule has 16 heteroatoms. The minimum Gasteiger partial charge on any atom is -0.477 e. The molecule has 1 saturated heterocycles. The second-order valence-electron chi connectivity index (χ2n) is 7.80. The number of nitrogens with two attached hydrogens (primary N) is 1. The zero-order chi connectivity index (χ0) is 26.3. The number of halogens is 1. The van der Waals surface area contributed by atoms with Gasteiger partial charge in [-0.3, -0.25) is 19.5 Å². The van der Waals surface area contributed by atoms with E-state index >= 15 is 0 Å². The van der Waals surface area contributed by atoms with Gasteiger partial charge in [-0.05, 0) is 25.0 Å². The third-order valence-corrected chi connectivity index (χ3v) is 8.86. The molecule has 3 aromatic heterocycles. The van der Waals surface area contributed by atoms with Crippen molar-refractivity contribution in [3.63, 3.8) is 0 Å². The van der Waals surface area contributed by atoms with Crippen molar-refractivity contribution in [2.24, 2.45) is 5.16 Å². The molecule has 0 aliphatic carbocycles. The van der Waals surface area contributed by atoms with E-state index < -0.39 is 35.6 Å². The number of carboxylic acid groups (broad SMARTS) is 1. The molecule has 2 amide bonds. The molecular formula is C21H16ClN7O5S3. The maximum atomic E-state index is 13.0. The molecule has 5 heterocycles. The van der Waals surface area contributed by atoms with Crippen LogP contribution in [-0.4, -0.2) is 65.7 Å². The summed E-state index contributed by atoms with van der Waals surface area (Å²) < 4.78 is 0.687. The van der Waals surface area contributed by atoms with Gasteiger partial charge in [0, 0.05) is 28.2 Å². The first-order valence-corrected chi connectivity index (χ1v) is 13.5. The number of anilines is 1. The Bertz CT molecular complexity index is 1470. The minimum absolute atomic E-state index is 0.0479. The lowest BCUT2D eigenvalue weighted by molar-refractivity contribution is -0.155. The number of nitrogens with zero attached hydrogens (tertiary/aromatic N) is 5. The number of β-lactam (4-membered cyclic amide) rings is 1. The molecule has 2 atom stereocenters. The molecule has 0 spiro atoms. The fourth-order valence-corrected chi connectivity index (χ4v) is 7.04. The van der Waals surface area contributed by atoms with E-state index in [9.17, 15) is 24.7 Å². The topological polar surface area (TPSA) is 184 Å². The lowest BCUT2D eigenvalue weighted by Crippen LogP contribution is -2.72. The first-order valence-electron chi connectivity index (χ1n) is 10.6. The molecule has 5 N–H and O–H groups in total. The Balaban J connectivity index is 1.33. The average molecular weight is 578 g/mol. The number of thioether (sulfide) groups is 1. The maximum absolute atomic E-state index is 13.0. The molecule has 1 fully saturated rings. The number of carbonyl (C=O) groups is 3. The minimum atomic E-state index is -1.25. The molecule has 2 unspecified atom stereocenters. The van der Waals surface area contributed by atoms with Crippen LogP contribution in [0.25, 0.3) is 11.3 Å². The quantitative estimate of drug-likeness (QED) is 0.141. The first kappa shape index (κ1) is 25.1. The summed E-state index contributed by atoms with van der Waals surface area (Å²) >= 11 is 9.48. The number of allylic oxidation sites excluding steroid dienone is 1. The van der Waals surface area contributed by atoms with E-state index in [0.29, 0.717) is 22.1 Å². The fourth-order valence-electron chi connectivity index (χ4n) is 4.07. The molecule has 3 aromatic rings. The van der Waals surface area contributed by atoms with Gasteiger partial charge in [0.1, 0.15) is 21.8 Å². The molecular weight excluding hydrogens is 562 g/mol. The smallest absolute Gasteiger partial charge is 0.353 e. The molecule has 0 radical (unpaired) electrons. The Morgan fingerprint density at radius 3 is 2.70 bits per heavy atom. The molecule has 0 bridgehead atoms. The number of rotatable bonds is 7. The van der Waals surface area contributed by atoms with Gasteiger partial charge in [0.2, 0.25) is 0 Å². The van der Waals surface area contributed by atoms with Crippen LogP contribution in [0.15, 0.2) is 50.0 Å². The van der Waals surface area contributed by atoms with Crippen molar-refractivity contribution >= 4 is 74.7 Å². The molecule has 12 nitrogen and oxygen atoms in total. The van der Waals surface area contributed by atoms with E-state index in [1.165, 1.54) is 28.0 Å². The number of carbonyl (C=O) groups excluding carboxylic acids is 2. The summed E-state index contributed by atoms with van der Waals surface area (Å²) in [5.41, 5.74) is 6.47. The molecule has 5 rings (SSSR count). The van der Waals surface area contributed by atoms with Gasteiger partial charge in [-0.25, -0.2) is 14.8 Å². The zero-order valence-corrected chi connectivity index (χ0v) is 21.7. The van der Waals surface area contributed by atoms with E-state index in [0.717, 1.165) is 22.6 Å². The largest absolute Gasteiger partial charge is 0.477 e. The number of hydrogen-bond donors (Lipinski definition) is 4. The lowest BCUT2D eigenvalue weighted by Gasteiger charge is -2.49. The number of pyridine rings is 1. The SMILES string of the molecule is Nc1nc(/C(=N/O)C(=O)NC2C(=O)N3C(C(=O)O)=C(Sc4nc(-c5ccncc5)cs4)CCC23)c(Cl)s1. The monoisotopic (exact) mass is 577 g/mol. The van der Waals surface area contributed by atoms with Gasteiger partial charge >= 0.3 is 5.97 Å². The predicted molar refractivity (Wildman–Crippen MR) is 138 cm³/mol. The maximum Gasteiger partial charge on any atom is 0.353 e. The van der Waals surface area contributed by atoms with Crippen LogP contribution in [0.4, 0.5) is 5.13 Å². The van der Waals surface area contributed by atoms with Crippen LogP contribution < -0.4 is 11.1 Å². The number of oxime groups is 1. The van der Waals surface area contributed by atoms with E-state index in [-0.39, 0.29) is 20.9 Å². The van der Waals surface area contributed by atoms with E-state index in [2.05, 4.69) is 25.4 Å². The number of aromatic nitrogens is 3. The highest BCUT2D eigenvalue weighted by atomic mass is 35.5. The third kappa shape index (κ3) is 4.66. The number of amides is 2. The summed E-state index contributed by atoms with van der Waals surface area (Å²) in [7, 11) is 0. The summed E-state index contributed by atoms with van der Waals surface area (Å²) in [5, 5.41) is 26.7. The predicted octanol–water partition coefficient (Wildman–Crippen LogP) is 2.65. The third-order valence-electron chi connectivity index (χ3n) is 5.69. The van der Waals surface area contributed by atoms with Crippen molar-refractivity contribution in [1.82, 2.24) is 25.2 Å². The molecule has 190 valence electrons. The van der Waals surface area contributed by atoms with Crippen molar-refractivity contribution < 1.29 is 24.7 Å². The van der Waals surface area contributed by atoms with Gasteiger partial charge in [0.25, 0.3) is 11.8 Å². The normalized spacial score (nSPS) is 19.4. The summed E-state index contributed by atoms with van der Waals surface area (Å²) in [6, 6.07) is 2.08. The van der Waals surface area contributed by atoms with Crippen LogP contribution in [0.2, 0.25) is 4.34 Å². The van der Waals surface area contributed by atoms with Crippen molar-refractivity contribution in [1.29, 1.82) is 0 Å². The molecule has 0 saturated carbocycles. The number of fused-ring (bicyclic) bond motifs is 1. The number of nitrogen functional groups attached to an aromatic ring is 1. The van der Waals surface area contributed by atoms with Gasteiger partial charge in [-0.2, -0.15) is 0 Å². The van der Waals surface area contributed by atoms with Gasteiger partial charge in [0.15, 0.2) is 15.2 Å². The van der Waals surface area contributed by atoms with Crippen LogP contribution in [0.5, 0.6) is 0 Å². The second-order valence-corrected chi connectivity index (χ2v) is 11.6. The Kier molecular flexibility index (Phi) is 6.85. The Morgan fingerprint density at radius 1 is 1.30 bits per heavy atom. The van der Waals surface area contributed by atoms with E-state index in [1.807, 2.05) is 17.5 Å². The number of carboxylic acids is 1. The molecule has 0 aromatic carbocycles. The highest BCUT2D eigenvalue weighted by Crippen LogP contribution is 2.44. The van der Waals surface area contributed by atoms with Crippen molar-refractivity contribution in [2.45, 2.75) is 29.3 Å². The molecule has 37 heavy (non-hydrogen) atoms. The fraction of sp³-hybridized carbons (Fsp3) is 0.190. The van der Waals surface area contributed by atoms with Crippen LogP contribution in [0, 0.1) is 0 Å². The van der Waals surface area contributed by atoms with E-state index in [4.69, 9.17) is 17.3 Å². The Labute approximate surface area is 225 Å². The Morgan fingerprint density at radius 2 is 2.05 bits per heavy atom. The standard InChI is InChI=1S/C21H16ClN7O5S3/c22-16-13(27-20(23)37-16)14(28-34)17(30)26-12-10-1-2-11(15(19(32)33)29(10)18(12)31)36-21-25-9(7-35-21)8-3-5-24-6-4-8/h3-7,10,12,34H,1-2H2,(H2,23,27)(H,26,30)(H,32,33)/b28-14-. The summed E-state index contributed by atoms with van der Waals surface area (Å²) in [6.45, 7) is 0. The number of thiazole rings is 2.